The number of urea groups is 1. The minimum atomic E-state index is -0.957. The van der Waals surface area contributed by atoms with E-state index in [4.69, 9.17) is 10.8 Å². The Morgan fingerprint density at radius 2 is 1.65 bits per heavy atom. The zero-order valence-electron chi connectivity index (χ0n) is 12.6. The molecule has 0 saturated carbocycles. The molecule has 0 bridgehead atoms. The highest BCUT2D eigenvalue weighted by Crippen LogP contribution is 2.07. The van der Waals surface area contributed by atoms with Crippen LogP contribution in [-0.4, -0.2) is 59.0 Å². The van der Waals surface area contributed by atoms with Gasteiger partial charge in [0.2, 0.25) is 5.91 Å². The fourth-order valence-electron chi connectivity index (χ4n) is 1.79. The van der Waals surface area contributed by atoms with Crippen molar-refractivity contribution < 1.29 is 19.5 Å². The monoisotopic (exact) mass is 287 g/mol. The van der Waals surface area contributed by atoms with Crippen LogP contribution in [0.5, 0.6) is 0 Å². The molecule has 0 aromatic rings. The van der Waals surface area contributed by atoms with Gasteiger partial charge >= 0.3 is 12.0 Å². The van der Waals surface area contributed by atoms with Crippen molar-refractivity contribution in [3.63, 3.8) is 0 Å². The second-order valence-corrected chi connectivity index (χ2v) is 5.30. The van der Waals surface area contributed by atoms with Crippen molar-refractivity contribution in [1.82, 2.24) is 9.80 Å². The van der Waals surface area contributed by atoms with Crippen LogP contribution in [0.15, 0.2) is 0 Å². The molecular weight excluding hydrogens is 262 g/mol. The maximum atomic E-state index is 12.4. The first-order valence-corrected chi connectivity index (χ1v) is 6.73. The topological polar surface area (TPSA) is 104 Å². The molecule has 0 fully saturated rings. The molecule has 1 unspecified atom stereocenters. The summed E-state index contributed by atoms with van der Waals surface area (Å²) in [5.74, 6) is -2.01. The van der Waals surface area contributed by atoms with Crippen LogP contribution < -0.4 is 5.73 Å². The van der Waals surface area contributed by atoms with Crippen LogP contribution >= 0.6 is 0 Å². The number of aliphatic carboxylic acids is 1. The van der Waals surface area contributed by atoms with Crippen molar-refractivity contribution in [2.45, 2.75) is 27.7 Å². The Morgan fingerprint density at radius 1 is 1.10 bits per heavy atom. The van der Waals surface area contributed by atoms with E-state index in [1.165, 1.54) is 9.80 Å². The molecule has 3 amide bonds. The second kappa shape index (κ2) is 8.39. The molecule has 7 nitrogen and oxygen atoms in total. The van der Waals surface area contributed by atoms with Crippen LogP contribution in [0, 0.1) is 11.8 Å². The maximum absolute atomic E-state index is 12.4. The molecule has 0 aromatic heterocycles. The lowest BCUT2D eigenvalue weighted by Gasteiger charge is -2.31. The van der Waals surface area contributed by atoms with Gasteiger partial charge in [0.25, 0.3) is 0 Å². The molecule has 116 valence electrons. The summed E-state index contributed by atoms with van der Waals surface area (Å²) in [7, 11) is 0. The van der Waals surface area contributed by atoms with Gasteiger partial charge in [-0.25, -0.2) is 4.79 Å². The average Bonchev–Trinajstić information content (AvgIpc) is 2.32. The van der Waals surface area contributed by atoms with Crippen molar-refractivity contribution in [1.29, 1.82) is 0 Å². The normalized spacial score (nSPS) is 12.1. The Kier molecular flexibility index (Phi) is 7.64. The summed E-state index contributed by atoms with van der Waals surface area (Å²) in [6.45, 7) is 7.90. The SMILES string of the molecule is CCN(CC(C)C(=O)O)C(=O)N(CC(N)=O)CC(C)C. The molecule has 0 aliphatic rings. The predicted octanol–water partition coefficient (Wildman–Crippen LogP) is 0.592. The molecule has 20 heavy (non-hydrogen) atoms. The summed E-state index contributed by atoms with van der Waals surface area (Å²) in [5, 5.41) is 8.91. The standard InChI is InChI=1S/C13H25N3O4/c1-5-15(7-10(4)12(18)19)13(20)16(6-9(2)3)8-11(14)17/h9-10H,5-8H2,1-4H3,(H2,14,17)(H,18,19). The molecule has 0 aliphatic carbocycles. The average molecular weight is 287 g/mol. The van der Waals surface area contributed by atoms with Gasteiger partial charge in [-0.3, -0.25) is 9.59 Å². The van der Waals surface area contributed by atoms with E-state index >= 15 is 0 Å². The van der Waals surface area contributed by atoms with Gasteiger partial charge in [-0.1, -0.05) is 20.8 Å². The third-order valence-electron chi connectivity index (χ3n) is 2.77. The van der Waals surface area contributed by atoms with E-state index in [-0.39, 0.29) is 25.0 Å². The number of carboxylic acids is 1. The van der Waals surface area contributed by atoms with E-state index in [0.717, 1.165) is 0 Å². The molecular formula is C13H25N3O4. The van der Waals surface area contributed by atoms with Gasteiger partial charge in [-0.2, -0.15) is 0 Å². The van der Waals surface area contributed by atoms with Crippen molar-refractivity contribution in [2.75, 3.05) is 26.2 Å². The van der Waals surface area contributed by atoms with E-state index in [1.807, 2.05) is 13.8 Å². The summed E-state index contributed by atoms with van der Waals surface area (Å²) >= 11 is 0. The lowest BCUT2D eigenvalue weighted by Crippen LogP contribution is -2.49. The Balaban J connectivity index is 4.88. The van der Waals surface area contributed by atoms with E-state index in [0.29, 0.717) is 13.1 Å². The smallest absolute Gasteiger partial charge is 0.320 e. The molecule has 0 aliphatic heterocycles. The Bertz CT molecular complexity index is 358. The summed E-state index contributed by atoms with van der Waals surface area (Å²) in [6, 6.07) is -0.354. The highest BCUT2D eigenvalue weighted by atomic mass is 16.4. The molecule has 0 spiro atoms. The highest BCUT2D eigenvalue weighted by molar-refractivity contribution is 5.83. The number of hydrogen-bond acceptors (Lipinski definition) is 3. The van der Waals surface area contributed by atoms with Crippen LogP contribution in [-0.2, 0) is 9.59 Å². The zero-order chi connectivity index (χ0) is 15.9. The molecule has 0 radical (unpaired) electrons. The Morgan fingerprint density at radius 3 is 2.00 bits per heavy atom. The number of primary amides is 1. The van der Waals surface area contributed by atoms with Crippen molar-refractivity contribution in [3.05, 3.63) is 0 Å². The molecule has 1 atom stereocenters. The van der Waals surface area contributed by atoms with Crippen molar-refractivity contribution in [3.8, 4) is 0 Å². The summed E-state index contributed by atoms with van der Waals surface area (Å²) in [4.78, 5) is 37.1. The van der Waals surface area contributed by atoms with Crippen LogP contribution in [0.2, 0.25) is 0 Å². The molecule has 7 heteroatoms. The number of nitrogens with two attached hydrogens (primary N) is 1. The Hall–Kier alpha value is -1.79. The number of amides is 3. The van der Waals surface area contributed by atoms with Gasteiger partial charge in [0, 0.05) is 19.6 Å². The number of hydrogen-bond donors (Lipinski definition) is 2. The predicted molar refractivity (Wildman–Crippen MR) is 75.0 cm³/mol. The molecule has 0 rings (SSSR count). The highest BCUT2D eigenvalue weighted by Gasteiger charge is 2.25. The Labute approximate surface area is 119 Å². The van der Waals surface area contributed by atoms with Crippen molar-refractivity contribution >= 4 is 17.9 Å². The van der Waals surface area contributed by atoms with Crippen LogP contribution in [0.4, 0.5) is 4.79 Å². The van der Waals surface area contributed by atoms with Crippen LogP contribution in [0.1, 0.15) is 27.7 Å². The number of carboxylic acid groups (broad SMARTS) is 1. The fourth-order valence-corrected chi connectivity index (χ4v) is 1.79. The van der Waals surface area contributed by atoms with Crippen molar-refractivity contribution in [2.24, 2.45) is 17.6 Å². The fraction of sp³-hybridized carbons (Fsp3) is 0.769. The molecule has 0 heterocycles. The summed E-state index contributed by atoms with van der Waals surface area (Å²) in [6.07, 6.45) is 0. The molecule has 0 saturated heterocycles. The largest absolute Gasteiger partial charge is 0.481 e. The quantitative estimate of drug-likeness (QED) is 0.681. The van der Waals surface area contributed by atoms with Crippen LogP contribution in [0.3, 0.4) is 0 Å². The van der Waals surface area contributed by atoms with E-state index in [9.17, 15) is 14.4 Å². The zero-order valence-corrected chi connectivity index (χ0v) is 12.6. The lowest BCUT2D eigenvalue weighted by atomic mass is 10.1. The lowest BCUT2D eigenvalue weighted by molar-refractivity contribution is -0.141. The van der Waals surface area contributed by atoms with E-state index < -0.39 is 17.8 Å². The minimum Gasteiger partial charge on any atom is -0.481 e. The van der Waals surface area contributed by atoms with Gasteiger partial charge in [0.05, 0.1) is 5.92 Å². The number of carbonyl (C=O) groups is 3. The van der Waals surface area contributed by atoms with Gasteiger partial charge in [0.1, 0.15) is 6.54 Å². The molecule has 3 N–H and O–H groups in total. The summed E-state index contributed by atoms with van der Waals surface area (Å²) < 4.78 is 0. The van der Waals surface area contributed by atoms with E-state index in [1.54, 1.807) is 13.8 Å². The maximum Gasteiger partial charge on any atom is 0.320 e. The third-order valence-corrected chi connectivity index (χ3v) is 2.77. The first-order chi connectivity index (χ1) is 9.18. The van der Waals surface area contributed by atoms with Gasteiger partial charge in [-0.15, -0.1) is 0 Å². The second-order valence-electron chi connectivity index (χ2n) is 5.30. The first-order valence-electron chi connectivity index (χ1n) is 6.73. The number of carbonyl (C=O) groups excluding carboxylic acids is 2. The number of rotatable bonds is 8. The first kappa shape index (κ1) is 18.2. The minimum absolute atomic E-state index is 0.109. The third kappa shape index (κ3) is 6.40. The van der Waals surface area contributed by atoms with E-state index in [2.05, 4.69) is 0 Å². The number of nitrogens with zero attached hydrogens (tertiary/aromatic N) is 2. The molecule has 0 aromatic carbocycles. The van der Waals surface area contributed by atoms with Gasteiger partial charge < -0.3 is 20.6 Å². The van der Waals surface area contributed by atoms with Gasteiger partial charge in [0.15, 0.2) is 0 Å². The summed E-state index contributed by atoms with van der Waals surface area (Å²) in [5.41, 5.74) is 5.15. The van der Waals surface area contributed by atoms with Gasteiger partial charge in [-0.05, 0) is 12.8 Å². The van der Waals surface area contributed by atoms with Crippen LogP contribution in [0.25, 0.3) is 0 Å².